The number of carbonyl (C=O) groups excluding carboxylic acids is 1. The number of likely N-dealkylation sites (tertiary alicyclic amines) is 1. The van der Waals surface area contributed by atoms with Gasteiger partial charge in [-0.3, -0.25) is 14.2 Å². The molecule has 0 aliphatic carbocycles. The summed E-state index contributed by atoms with van der Waals surface area (Å²) in [5.74, 6) is -1.29. The third-order valence-electron chi connectivity index (χ3n) is 10.1. The number of amides is 1. The first-order valence-corrected chi connectivity index (χ1v) is 17.9. The minimum Gasteiger partial charge on any atom is -0.481 e. The van der Waals surface area contributed by atoms with Crippen molar-refractivity contribution in [1.29, 1.82) is 0 Å². The molecule has 2 fully saturated rings. The van der Waals surface area contributed by atoms with Crippen LogP contribution in [0.15, 0.2) is 102 Å². The van der Waals surface area contributed by atoms with Gasteiger partial charge in [-0.05, 0) is 58.9 Å². The van der Waals surface area contributed by atoms with Crippen molar-refractivity contribution in [3.63, 3.8) is 0 Å². The summed E-state index contributed by atoms with van der Waals surface area (Å²) in [7, 11) is 0. The van der Waals surface area contributed by atoms with Gasteiger partial charge < -0.3 is 34.9 Å². The number of aromatic nitrogens is 2. The fourth-order valence-corrected chi connectivity index (χ4v) is 7.32. The van der Waals surface area contributed by atoms with Crippen LogP contribution in [0.2, 0.25) is 0 Å². The smallest absolute Gasteiger partial charge is 0.326 e. The molecule has 1 aromatic heterocycles. The number of carboxylic acids is 1. The topological polar surface area (TPSA) is 146 Å². The number of nitrogens with one attached hydrogen (secondary N) is 2. The van der Waals surface area contributed by atoms with Crippen molar-refractivity contribution in [2.24, 2.45) is 0 Å². The molecule has 0 unspecified atom stereocenters. The number of aromatic amines is 1. The van der Waals surface area contributed by atoms with E-state index in [2.05, 4.69) is 15.2 Å². The molecule has 0 radical (unpaired) electrons. The summed E-state index contributed by atoms with van der Waals surface area (Å²) in [6, 6.07) is 31.9. The maximum atomic E-state index is 12.8. The fraction of sp³-hybridized carbons (Fsp3) is 0.341. The number of piperidine rings is 1. The highest BCUT2D eigenvalue weighted by Gasteiger charge is 2.34. The van der Waals surface area contributed by atoms with Crippen LogP contribution >= 0.6 is 0 Å². The van der Waals surface area contributed by atoms with Gasteiger partial charge in [0.05, 0.1) is 36.3 Å². The van der Waals surface area contributed by atoms with E-state index < -0.39 is 12.3 Å². The van der Waals surface area contributed by atoms with Crippen molar-refractivity contribution < 1.29 is 29.3 Å². The average Bonchev–Trinajstić information content (AvgIpc) is 3.52. The first kappa shape index (κ1) is 35.3. The van der Waals surface area contributed by atoms with Gasteiger partial charge in [-0.1, -0.05) is 78.9 Å². The highest BCUT2D eigenvalue weighted by Crippen LogP contribution is 2.39. The monoisotopic (exact) mass is 704 g/mol. The molecule has 7 rings (SSSR count). The average molecular weight is 705 g/mol. The number of aliphatic carboxylic acids is 1. The third kappa shape index (κ3) is 8.35. The number of ether oxygens (including phenoxy) is 2. The zero-order valence-electron chi connectivity index (χ0n) is 28.9. The normalized spacial score (nSPS) is 19.8. The van der Waals surface area contributed by atoms with Gasteiger partial charge in [-0.15, -0.1) is 0 Å². The Morgan fingerprint density at radius 3 is 2.33 bits per heavy atom. The number of para-hydroxylation sites is 2. The molecule has 1 amide bonds. The Hall–Kier alpha value is -5.07. The molecule has 4 aromatic carbocycles. The number of benzene rings is 4. The summed E-state index contributed by atoms with van der Waals surface area (Å²) in [5, 5.41) is 21.2. The highest BCUT2D eigenvalue weighted by atomic mass is 16.7. The van der Waals surface area contributed by atoms with E-state index in [0.29, 0.717) is 13.0 Å². The van der Waals surface area contributed by atoms with Gasteiger partial charge in [0, 0.05) is 50.6 Å². The summed E-state index contributed by atoms with van der Waals surface area (Å²) < 4.78 is 15.2. The maximum absolute atomic E-state index is 12.8. The summed E-state index contributed by atoms with van der Waals surface area (Å²) in [4.78, 5) is 41.1. The molecule has 5 aromatic rings. The van der Waals surface area contributed by atoms with E-state index in [-0.39, 0.29) is 49.3 Å². The molecule has 3 heterocycles. The number of hydrogen-bond acceptors (Lipinski definition) is 7. The van der Waals surface area contributed by atoms with Crippen LogP contribution in [-0.2, 0) is 32.2 Å². The largest absolute Gasteiger partial charge is 0.481 e. The lowest BCUT2D eigenvalue weighted by Crippen LogP contribution is -2.43. The lowest BCUT2D eigenvalue weighted by molar-refractivity contribution is -0.253. The Balaban J connectivity index is 1.03. The Labute approximate surface area is 301 Å². The van der Waals surface area contributed by atoms with Crippen LogP contribution in [0.3, 0.4) is 0 Å². The number of rotatable bonds is 12. The second-order valence-electron chi connectivity index (χ2n) is 13.7. The number of aliphatic hydroxyl groups is 1. The van der Waals surface area contributed by atoms with Crippen molar-refractivity contribution in [2.75, 3.05) is 19.6 Å². The summed E-state index contributed by atoms with van der Waals surface area (Å²) in [5.41, 5.74) is 7.47. The van der Waals surface area contributed by atoms with Crippen molar-refractivity contribution in [3.05, 3.63) is 130 Å². The first-order chi connectivity index (χ1) is 25.3. The number of fused-ring (bicyclic) bond motifs is 1. The summed E-state index contributed by atoms with van der Waals surface area (Å²) in [6.45, 7) is 2.76. The molecule has 11 nitrogen and oxygen atoms in total. The number of nitrogens with zero attached hydrogens (tertiary/aromatic N) is 2. The Morgan fingerprint density at radius 2 is 1.58 bits per heavy atom. The van der Waals surface area contributed by atoms with Crippen molar-refractivity contribution in [3.8, 4) is 11.1 Å². The van der Waals surface area contributed by atoms with E-state index in [4.69, 9.17) is 14.6 Å². The number of H-pyrrole nitrogens is 1. The molecule has 3 atom stereocenters. The third-order valence-corrected chi connectivity index (χ3v) is 10.1. The minimum atomic E-state index is -0.995. The molecule has 52 heavy (non-hydrogen) atoms. The van der Waals surface area contributed by atoms with Crippen molar-refractivity contribution in [1.82, 2.24) is 19.8 Å². The van der Waals surface area contributed by atoms with Crippen LogP contribution in [0.25, 0.3) is 22.2 Å². The fourth-order valence-electron chi connectivity index (χ4n) is 7.32. The van der Waals surface area contributed by atoms with E-state index in [9.17, 15) is 19.5 Å². The molecule has 4 N–H and O–H groups in total. The number of aliphatic hydroxyl groups excluding tert-OH is 1. The van der Waals surface area contributed by atoms with Crippen LogP contribution in [0.4, 0.5) is 0 Å². The highest BCUT2D eigenvalue weighted by molar-refractivity contribution is 5.80. The lowest BCUT2D eigenvalue weighted by Gasteiger charge is -2.40. The van der Waals surface area contributed by atoms with Crippen LogP contribution in [-0.4, -0.2) is 62.3 Å². The number of hydrogen-bond donors (Lipinski definition) is 4. The molecule has 0 bridgehead atoms. The van der Waals surface area contributed by atoms with Gasteiger partial charge in [0.25, 0.3) is 0 Å². The van der Waals surface area contributed by atoms with E-state index in [0.717, 1.165) is 76.9 Å². The predicted molar refractivity (Wildman–Crippen MR) is 196 cm³/mol. The molecule has 270 valence electrons. The van der Waals surface area contributed by atoms with Gasteiger partial charge in [0.1, 0.15) is 0 Å². The second-order valence-corrected chi connectivity index (χ2v) is 13.7. The Morgan fingerprint density at radius 1 is 0.827 bits per heavy atom. The molecule has 0 saturated carbocycles. The number of carbonyl (C=O) groups is 2. The second kappa shape index (κ2) is 16.1. The van der Waals surface area contributed by atoms with E-state index in [1.54, 1.807) is 0 Å². The first-order valence-electron chi connectivity index (χ1n) is 17.9. The summed E-state index contributed by atoms with van der Waals surface area (Å²) >= 11 is 0. The molecule has 0 spiro atoms. The van der Waals surface area contributed by atoms with E-state index in [1.165, 1.54) is 0 Å². The Bertz CT molecular complexity index is 2050. The SMILES string of the molecule is O=C(O)CCC(=O)NCc1cccc(-c2ccc([C@H]3O[C@@H](CN4CCC(n5c(=O)[nH]c6ccccc65)CC4)C[C@@H](c4ccc(CO)cc4)O3)cc2)c1. The molecule has 11 heteroatoms. The van der Waals surface area contributed by atoms with Gasteiger partial charge in [-0.25, -0.2) is 4.79 Å². The van der Waals surface area contributed by atoms with E-state index >= 15 is 0 Å². The lowest BCUT2D eigenvalue weighted by atomic mass is 9.98. The standard InChI is InChI=1S/C41H44N4O7/c46-26-27-8-10-30(11-9-27)37-23-34(25-44-20-18-33(19-21-44)45-36-7-2-1-6-35(36)43-41(45)50)51-40(52-37)31-14-12-29(13-15-31)32-5-3-4-28(22-32)24-42-38(47)16-17-39(48)49/h1-15,22,33-34,37,40,46H,16-21,23-26H2,(H,42,47)(H,43,50)(H,48,49)/t34-,37+,40+/m1/s1. The van der Waals surface area contributed by atoms with E-state index in [1.807, 2.05) is 102 Å². The van der Waals surface area contributed by atoms with Gasteiger partial charge in [0.15, 0.2) is 6.29 Å². The minimum absolute atomic E-state index is 0.0164. The molecule has 2 saturated heterocycles. The van der Waals surface area contributed by atoms with Crippen LogP contribution in [0.5, 0.6) is 0 Å². The predicted octanol–water partition coefficient (Wildman–Crippen LogP) is 5.85. The van der Waals surface area contributed by atoms with Crippen molar-refractivity contribution in [2.45, 2.75) is 69.8 Å². The quantitative estimate of drug-likeness (QED) is 0.127. The van der Waals surface area contributed by atoms with Gasteiger partial charge in [0.2, 0.25) is 5.91 Å². The zero-order chi connectivity index (χ0) is 36.0. The van der Waals surface area contributed by atoms with Crippen LogP contribution < -0.4 is 11.0 Å². The van der Waals surface area contributed by atoms with Crippen molar-refractivity contribution >= 4 is 22.9 Å². The van der Waals surface area contributed by atoms with Gasteiger partial charge >= 0.3 is 11.7 Å². The van der Waals surface area contributed by atoms with Crippen LogP contribution in [0.1, 0.15) is 72.8 Å². The zero-order valence-corrected chi connectivity index (χ0v) is 28.9. The molecule has 2 aliphatic rings. The Kier molecular flexibility index (Phi) is 10.9. The number of carboxylic acid groups (broad SMARTS) is 1. The number of imidazole rings is 1. The van der Waals surface area contributed by atoms with Gasteiger partial charge in [-0.2, -0.15) is 0 Å². The molecule has 2 aliphatic heterocycles. The molecular formula is C41H44N4O7. The summed E-state index contributed by atoms with van der Waals surface area (Å²) in [6.07, 6.45) is 1.33. The van der Waals surface area contributed by atoms with Crippen LogP contribution in [0, 0.1) is 0 Å². The molecular weight excluding hydrogens is 660 g/mol. The maximum Gasteiger partial charge on any atom is 0.326 e.